The van der Waals surface area contributed by atoms with Crippen molar-refractivity contribution in [3.8, 4) is 5.75 Å². The predicted octanol–water partition coefficient (Wildman–Crippen LogP) is 3.28. The van der Waals surface area contributed by atoms with Gasteiger partial charge in [0.25, 0.3) is 5.91 Å². The minimum Gasteiger partial charge on any atom is -0.486 e. The van der Waals surface area contributed by atoms with Crippen LogP contribution in [0.25, 0.3) is 5.65 Å². The van der Waals surface area contributed by atoms with Gasteiger partial charge in [0.2, 0.25) is 11.7 Å². The number of hydrogen-bond donors (Lipinski definition) is 1. The molecule has 1 N–H and O–H groups in total. The molecule has 14 heteroatoms. The Bertz CT molecular complexity index is 1710. The van der Waals surface area contributed by atoms with E-state index < -0.39 is 29.0 Å². The van der Waals surface area contributed by atoms with E-state index in [-0.39, 0.29) is 55.8 Å². The molecule has 258 valence electrons. The first-order valence-electron chi connectivity index (χ1n) is 16.3. The Hall–Kier alpha value is -4.72. The van der Waals surface area contributed by atoms with Crippen molar-refractivity contribution in [2.75, 3.05) is 69.3 Å². The first-order chi connectivity index (χ1) is 22.8. The van der Waals surface area contributed by atoms with Gasteiger partial charge in [-0.1, -0.05) is 25.5 Å². The van der Waals surface area contributed by atoms with Gasteiger partial charge in [-0.15, -0.1) is 0 Å². The lowest BCUT2D eigenvalue weighted by molar-refractivity contribution is -0.121. The number of carbonyl (C=O) groups is 3. The number of likely N-dealkylation sites (N-methyl/N-ethyl adjacent to an activating group) is 1. The van der Waals surface area contributed by atoms with Crippen LogP contribution in [0.5, 0.6) is 5.75 Å². The molecule has 4 heterocycles. The van der Waals surface area contributed by atoms with E-state index in [1.54, 1.807) is 39.1 Å². The molecule has 48 heavy (non-hydrogen) atoms. The van der Waals surface area contributed by atoms with E-state index in [0.29, 0.717) is 36.4 Å². The van der Waals surface area contributed by atoms with Gasteiger partial charge in [0.05, 0.1) is 18.0 Å². The molecular weight excluding hydrogens is 621 g/mol. The fraction of sp³-hybridized carbons (Fsp3) is 0.500. The number of nitrogens with zero attached hydrogens (tertiary/aromatic N) is 6. The van der Waals surface area contributed by atoms with E-state index in [9.17, 15) is 23.6 Å². The summed E-state index contributed by atoms with van der Waals surface area (Å²) in [5, 5.41) is 2.77. The second-order valence-corrected chi connectivity index (χ2v) is 13.1. The number of anilines is 2. The molecule has 0 bridgehead atoms. The van der Waals surface area contributed by atoms with E-state index >= 15 is 0 Å². The van der Waals surface area contributed by atoms with Crippen molar-refractivity contribution in [3.63, 3.8) is 0 Å². The van der Waals surface area contributed by atoms with Crippen LogP contribution in [0.2, 0.25) is 0 Å². The Kier molecular flexibility index (Phi) is 10.5. The van der Waals surface area contributed by atoms with E-state index in [1.165, 1.54) is 26.3 Å². The van der Waals surface area contributed by atoms with Gasteiger partial charge in [0.1, 0.15) is 18.0 Å². The second-order valence-electron chi connectivity index (χ2n) is 13.1. The Morgan fingerprint density at radius 1 is 1.02 bits per heavy atom. The predicted molar refractivity (Wildman–Crippen MR) is 179 cm³/mol. The molecule has 0 unspecified atom stereocenters. The molecule has 0 atom stereocenters. The van der Waals surface area contributed by atoms with Crippen molar-refractivity contribution >= 4 is 34.9 Å². The van der Waals surface area contributed by atoms with Gasteiger partial charge in [-0.2, -0.15) is 0 Å². The van der Waals surface area contributed by atoms with Gasteiger partial charge in [0, 0.05) is 52.0 Å². The number of hydrogen-bond acceptors (Lipinski definition) is 9. The first kappa shape index (κ1) is 34.6. The highest BCUT2D eigenvalue weighted by Crippen LogP contribution is 2.30. The summed E-state index contributed by atoms with van der Waals surface area (Å²) < 4.78 is 26.2. The third-order valence-electron chi connectivity index (χ3n) is 8.21. The fourth-order valence-electron chi connectivity index (χ4n) is 5.51. The third-order valence-corrected chi connectivity index (χ3v) is 8.21. The van der Waals surface area contributed by atoms with E-state index in [1.807, 2.05) is 20.0 Å². The summed E-state index contributed by atoms with van der Waals surface area (Å²) in [6.07, 6.45) is 2.55. The molecule has 1 aromatic carbocycles. The maximum atomic E-state index is 14.2. The van der Waals surface area contributed by atoms with Crippen LogP contribution in [0.1, 0.15) is 56.6 Å². The summed E-state index contributed by atoms with van der Waals surface area (Å²) in [5.41, 5.74) is 0.287. The standard InChI is InChI=1S/C34H44FN7O6/c1-6-7-18-47-29-28(31(44)36-20-23-8-10-24(35)11-9-23)37-30-26(41-17-16-40(22-27(41)43)33(46)48-34(2,3)4)19-25(21-42(30)32(29)45)39-14-12-38(5)13-15-39/h8-11,19,21H,6-7,12-18,20,22H2,1-5H3,(H,36,44). The summed E-state index contributed by atoms with van der Waals surface area (Å²) in [6.45, 7) is 10.6. The van der Waals surface area contributed by atoms with E-state index in [2.05, 4.69) is 15.1 Å². The maximum Gasteiger partial charge on any atom is 0.410 e. The number of rotatable bonds is 9. The first-order valence-corrected chi connectivity index (χ1v) is 16.3. The van der Waals surface area contributed by atoms with Crippen LogP contribution >= 0.6 is 0 Å². The second kappa shape index (κ2) is 14.6. The maximum absolute atomic E-state index is 14.2. The number of benzene rings is 1. The van der Waals surface area contributed by atoms with Crippen molar-refractivity contribution in [1.82, 2.24) is 24.5 Å². The fourth-order valence-corrected chi connectivity index (χ4v) is 5.51. The molecule has 2 fully saturated rings. The van der Waals surface area contributed by atoms with Crippen LogP contribution in [0.15, 0.2) is 41.3 Å². The molecule has 0 radical (unpaired) electrons. The smallest absolute Gasteiger partial charge is 0.410 e. The van der Waals surface area contributed by atoms with Crippen molar-refractivity contribution in [2.45, 2.75) is 52.7 Å². The number of aromatic nitrogens is 2. The van der Waals surface area contributed by atoms with E-state index in [0.717, 1.165) is 19.5 Å². The quantitative estimate of drug-likeness (QED) is 0.343. The highest BCUT2D eigenvalue weighted by Gasteiger charge is 2.33. The lowest BCUT2D eigenvalue weighted by atomic mass is 10.2. The number of fused-ring (bicyclic) bond motifs is 1. The summed E-state index contributed by atoms with van der Waals surface area (Å²) >= 11 is 0. The zero-order valence-electron chi connectivity index (χ0n) is 28.3. The normalized spacial score (nSPS) is 16.0. The molecule has 0 aliphatic carbocycles. The van der Waals surface area contributed by atoms with Crippen LogP contribution in [-0.4, -0.2) is 102 Å². The Morgan fingerprint density at radius 2 is 1.73 bits per heavy atom. The third kappa shape index (κ3) is 8.04. The zero-order valence-corrected chi connectivity index (χ0v) is 28.3. The van der Waals surface area contributed by atoms with Gasteiger partial charge in [-0.25, -0.2) is 14.2 Å². The van der Waals surface area contributed by atoms with Crippen molar-refractivity contribution < 1.29 is 28.2 Å². The highest BCUT2D eigenvalue weighted by molar-refractivity contribution is 6.01. The molecule has 3 amide bonds. The average Bonchev–Trinajstić information content (AvgIpc) is 3.04. The SMILES string of the molecule is CCCCOc1c(C(=O)NCc2ccc(F)cc2)nc2c(N3CCN(C(=O)OC(C)(C)C)CC3=O)cc(N3CCN(C)CC3)cn2c1=O. The van der Waals surface area contributed by atoms with Crippen LogP contribution in [-0.2, 0) is 16.1 Å². The van der Waals surface area contributed by atoms with Crippen LogP contribution < -0.4 is 25.4 Å². The number of pyridine rings is 1. The number of amides is 3. The zero-order chi connectivity index (χ0) is 34.6. The van der Waals surface area contributed by atoms with Crippen LogP contribution in [0.4, 0.5) is 20.6 Å². The average molecular weight is 666 g/mol. The monoisotopic (exact) mass is 665 g/mol. The topological polar surface area (TPSA) is 129 Å². The summed E-state index contributed by atoms with van der Waals surface area (Å²) in [7, 11) is 2.04. The number of halogens is 1. The number of carbonyl (C=O) groups excluding carboxylic acids is 3. The number of ether oxygens (including phenoxy) is 2. The van der Waals surface area contributed by atoms with E-state index in [4.69, 9.17) is 14.5 Å². The molecule has 0 saturated carbocycles. The van der Waals surface area contributed by atoms with Crippen LogP contribution in [0, 0.1) is 5.82 Å². The largest absolute Gasteiger partial charge is 0.486 e. The molecule has 13 nitrogen and oxygen atoms in total. The summed E-state index contributed by atoms with van der Waals surface area (Å²) in [5.74, 6) is -1.63. The van der Waals surface area contributed by atoms with Crippen molar-refractivity contribution in [1.29, 1.82) is 0 Å². The minimum absolute atomic E-state index is 0.0644. The lowest BCUT2D eigenvalue weighted by Crippen LogP contribution is -2.53. The Balaban J connectivity index is 1.58. The van der Waals surface area contributed by atoms with Gasteiger partial charge >= 0.3 is 11.7 Å². The highest BCUT2D eigenvalue weighted by atomic mass is 19.1. The Labute approximate surface area is 279 Å². The van der Waals surface area contributed by atoms with Gasteiger partial charge in [-0.3, -0.25) is 23.7 Å². The van der Waals surface area contributed by atoms with Gasteiger partial charge in [-0.05, 0) is 58.0 Å². The summed E-state index contributed by atoms with van der Waals surface area (Å²) in [6, 6.07) is 7.51. The number of piperazine rings is 2. The van der Waals surface area contributed by atoms with Crippen LogP contribution in [0.3, 0.4) is 0 Å². The molecular formula is C34H44FN7O6. The molecule has 2 aliphatic heterocycles. The summed E-state index contributed by atoms with van der Waals surface area (Å²) in [4.78, 5) is 66.2. The lowest BCUT2D eigenvalue weighted by Gasteiger charge is -2.37. The molecule has 2 saturated heterocycles. The molecule has 3 aromatic rings. The number of nitrogens with one attached hydrogen (secondary N) is 1. The van der Waals surface area contributed by atoms with Crippen molar-refractivity contribution in [2.24, 2.45) is 0 Å². The molecule has 2 aromatic heterocycles. The van der Waals surface area contributed by atoms with Gasteiger partial charge in [0.15, 0.2) is 11.3 Å². The number of unbranched alkanes of at least 4 members (excludes halogenated alkanes) is 1. The van der Waals surface area contributed by atoms with Crippen molar-refractivity contribution in [3.05, 3.63) is 64.0 Å². The molecule has 0 spiro atoms. The minimum atomic E-state index is -0.722. The molecule has 2 aliphatic rings. The Morgan fingerprint density at radius 3 is 2.38 bits per heavy atom. The molecule has 5 rings (SSSR count). The van der Waals surface area contributed by atoms with Gasteiger partial charge < -0.3 is 29.5 Å².